The Hall–Kier alpha value is -0.260. The Morgan fingerprint density at radius 3 is 2.32 bits per heavy atom. The van der Waals surface area contributed by atoms with Gasteiger partial charge in [0, 0.05) is 31.2 Å². The minimum absolute atomic E-state index is 0.264. The molecule has 1 aliphatic carbocycles. The average molecular weight is 285 g/mol. The van der Waals surface area contributed by atoms with E-state index in [1.807, 2.05) is 4.90 Å². The molecule has 4 nitrogen and oxygen atoms in total. The Balaban J connectivity index is 1.46. The summed E-state index contributed by atoms with van der Waals surface area (Å²) in [6.45, 7) is 2.95. The molecule has 108 valence electrons. The van der Waals surface area contributed by atoms with Crippen LogP contribution in [-0.2, 0) is 9.47 Å². The van der Waals surface area contributed by atoms with Crippen molar-refractivity contribution >= 4 is 17.0 Å². The minimum atomic E-state index is -0.369. The number of ether oxygens (including phenoxy) is 2. The molecule has 1 spiro atoms. The van der Waals surface area contributed by atoms with Gasteiger partial charge >= 0.3 is 0 Å². The highest BCUT2D eigenvalue weighted by Gasteiger charge is 2.41. The van der Waals surface area contributed by atoms with E-state index in [9.17, 15) is 4.79 Å². The van der Waals surface area contributed by atoms with Gasteiger partial charge in [-0.1, -0.05) is 31.0 Å². The lowest BCUT2D eigenvalue weighted by atomic mass is 10.0. The van der Waals surface area contributed by atoms with Crippen LogP contribution in [-0.4, -0.2) is 47.5 Å². The first-order valence-electron chi connectivity index (χ1n) is 7.51. The summed E-state index contributed by atoms with van der Waals surface area (Å²) in [6, 6.07) is 0. The first-order valence-corrected chi connectivity index (χ1v) is 8.39. The standard InChI is InChI=1S/C14H23NO3S/c16-13(19-12-4-2-1-3-5-12)15-8-6-14(7-9-15)17-10-11-18-14/h12H,1-11H2. The first kappa shape index (κ1) is 13.7. The van der Waals surface area contributed by atoms with E-state index in [0.717, 1.165) is 25.9 Å². The van der Waals surface area contributed by atoms with E-state index in [1.165, 1.54) is 32.1 Å². The zero-order chi connectivity index (χ0) is 13.1. The van der Waals surface area contributed by atoms with Crippen molar-refractivity contribution in [2.24, 2.45) is 0 Å². The molecule has 0 radical (unpaired) electrons. The molecule has 3 fully saturated rings. The summed E-state index contributed by atoms with van der Waals surface area (Å²) in [5.41, 5.74) is 0. The third-order valence-corrected chi connectivity index (χ3v) is 5.68. The Bertz CT molecular complexity index is 315. The maximum atomic E-state index is 12.3. The van der Waals surface area contributed by atoms with Crippen LogP contribution >= 0.6 is 11.8 Å². The highest BCUT2D eigenvalue weighted by molar-refractivity contribution is 8.14. The van der Waals surface area contributed by atoms with Gasteiger partial charge in [0.15, 0.2) is 5.79 Å². The molecular formula is C14H23NO3S. The second kappa shape index (κ2) is 6.02. The third kappa shape index (κ3) is 3.26. The van der Waals surface area contributed by atoms with Crippen molar-refractivity contribution < 1.29 is 14.3 Å². The second-order valence-corrected chi connectivity index (χ2v) is 6.99. The number of amides is 1. The maximum Gasteiger partial charge on any atom is 0.281 e. The molecular weight excluding hydrogens is 262 g/mol. The Labute approximate surface area is 119 Å². The van der Waals surface area contributed by atoms with Gasteiger partial charge in [-0.2, -0.15) is 0 Å². The molecule has 2 heterocycles. The van der Waals surface area contributed by atoms with E-state index < -0.39 is 0 Å². The predicted molar refractivity (Wildman–Crippen MR) is 75.3 cm³/mol. The van der Waals surface area contributed by atoms with Crippen molar-refractivity contribution in [1.82, 2.24) is 4.90 Å². The summed E-state index contributed by atoms with van der Waals surface area (Å²) >= 11 is 1.56. The quantitative estimate of drug-likeness (QED) is 0.742. The molecule has 0 aromatic rings. The molecule has 0 unspecified atom stereocenters. The first-order chi connectivity index (χ1) is 9.27. The van der Waals surface area contributed by atoms with Crippen LogP contribution in [0.1, 0.15) is 44.9 Å². The van der Waals surface area contributed by atoms with E-state index in [1.54, 1.807) is 11.8 Å². The molecule has 3 rings (SSSR count). The second-order valence-electron chi connectivity index (χ2n) is 5.74. The van der Waals surface area contributed by atoms with Gasteiger partial charge in [-0.25, -0.2) is 0 Å². The Kier molecular flexibility index (Phi) is 4.34. The number of likely N-dealkylation sites (tertiary alicyclic amines) is 1. The zero-order valence-electron chi connectivity index (χ0n) is 11.4. The summed E-state index contributed by atoms with van der Waals surface area (Å²) in [4.78, 5) is 14.3. The number of carbonyl (C=O) groups is 1. The van der Waals surface area contributed by atoms with Crippen LogP contribution in [0.25, 0.3) is 0 Å². The van der Waals surface area contributed by atoms with E-state index in [0.29, 0.717) is 18.5 Å². The van der Waals surface area contributed by atoms with Crippen LogP contribution in [0.3, 0.4) is 0 Å². The fraction of sp³-hybridized carbons (Fsp3) is 0.929. The average Bonchev–Trinajstić information content (AvgIpc) is 2.89. The van der Waals surface area contributed by atoms with Crippen molar-refractivity contribution in [2.75, 3.05) is 26.3 Å². The molecule has 2 aliphatic heterocycles. The Morgan fingerprint density at radius 1 is 1.05 bits per heavy atom. The van der Waals surface area contributed by atoms with Crippen LogP contribution in [0.4, 0.5) is 4.79 Å². The number of rotatable bonds is 1. The molecule has 0 aromatic carbocycles. The molecule has 1 saturated carbocycles. The van der Waals surface area contributed by atoms with Crippen molar-refractivity contribution in [1.29, 1.82) is 0 Å². The molecule has 0 aromatic heterocycles. The maximum absolute atomic E-state index is 12.3. The van der Waals surface area contributed by atoms with E-state index in [4.69, 9.17) is 9.47 Å². The molecule has 1 amide bonds. The van der Waals surface area contributed by atoms with Crippen molar-refractivity contribution in [3.8, 4) is 0 Å². The topological polar surface area (TPSA) is 38.8 Å². The summed E-state index contributed by atoms with van der Waals surface area (Å²) in [5.74, 6) is -0.369. The number of hydrogen-bond acceptors (Lipinski definition) is 4. The largest absolute Gasteiger partial charge is 0.347 e. The van der Waals surface area contributed by atoms with Crippen molar-refractivity contribution in [3.05, 3.63) is 0 Å². The number of nitrogens with zero attached hydrogens (tertiary/aromatic N) is 1. The van der Waals surface area contributed by atoms with E-state index in [2.05, 4.69) is 0 Å². The molecule has 2 saturated heterocycles. The van der Waals surface area contributed by atoms with Crippen molar-refractivity contribution in [2.45, 2.75) is 56.0 Å². The molecule has 0 bridgehead atoms. The number of piperidine rings is 1. The number of carbonyl (C=O) groups excluding carboxylic acids is 1. The van der Waals surface area contributed by atoms with Gasteiger partial charge in [0.25, 0.3) is 5.24 Å². The van der Waals surface area contributed by atoms with Gasteiger partial charge in [-0.3, -0.25) is 4.79 Å². The van der Waals surface area contributed by atoms with E-state index >= 15 is 0 Å². The summed E-state index contributed by atoms with van der Waals surface area (Å²) in [5, 5.41) is 0.816. The fourth-order valence-corrected chi connectivity index (χ4v) is 4.40. The van der Waals surface area contributed by atoms with E-state index in [-0.39, 0.29) is 11.0 Å². The van der Waals surface area contributed by atoms with Crippen LogP contribution < -0.4 is 0 Å². The van der Waals surface area contributed by atoms with Gasteiger partial charge in [0.1, 0.15) is 0 Å². The van der Waals surface area contributed by atoms with Gasteiger partial charge in [-0.15, -0.1) is 0 Å². The van der Waals surface area contributed by atoms with Crippen molar-refractivity contribution in [3.63, 3.8) is 0 Å². The van der Waals surface area contributed by atoms with Crippen LogP contribution in [0.2, 0.25) is 0 Å². The summed E-state index contributed by atoms with van der Waals surface area (Å²) in [6.07, 6.45) is 7.98. The number of hydrogen-bond donors (Lipinski definition) is 0. The van der Waals surface area contributed by atoms with Gasteiger partial charge in [0.05, 0.1) is 13.2 Å². The Morgan fingerprint density at radius 2 is 1.68 bits per heavy atom. The smallest absolute Gasteiger partial charge is 0.281 e. The lowest BCUT2D eigenvalue weighted by molar-refractivity contribution is -0.180. The monoisotopic (exact) mass is 285 g/mol. The molecule has 0 atom stereocenters. The molecule has 0 N–H and O–H groups in total. The molecule has 5 heteroatoms. The summed E-state index contributed by atoms with van der Waals surface area (Å²) < 4.78 is 11.4. The lowest BCUT2D eigenvalue weighted by Gasteiger charge is -2.37. The van der Waals surface area contributed by atoms with Crippen LogP contribution in [0, 0.1) is 0 Å². The van der Waals surface area contributed by atoms with Gasteiger partial charge in [-0.05, 0) is 12.8 Å². The molecule has 19 heavy (non-hydrogen) atoms. The van der Waals surface area contributed by atoms with Gasteiger partial charge in [0.2, 0.25) is 0 Å². The highest BCUT2D eigenvalue weighted by atomic mass is 32.2. The minimum Gasteiger partial charge on any atom is -0.347 e. The predicted octanol–water partition coefficient (Wildman–Crippen LogP) is 3.01. The SMILES string of the molecule is O=C(SC1CCCCC1)N1CCC2(CC1)OCCO2. The highest BCUT2D eigenvalue weighted by Crippen LogP contribution is 2.34. The lowest BCUT2D eigenvalue weighted by Crippen LogP contribution is -2.46. The third-order valence-electron chi connectivity index (χ3n) is 4.42. The summed E-state index contributed by atoms with van der Waals surface area (Å²) in [7, 11) is 0. The van der Waals surface area contributed by atoms with Crippen LogP contribution in [0.5, 0.6) is 0 Å². The normalized spacial score (nSPS) is 27.9. The number of thioether (sulfide) groups is 1. The van der Waals surface area contributed by atoms with Gasteiger partial charge < -0.3 is 14.4 Å². The molecule has 3 aliphatic rings. The fourth-order valence-electron chi connectivity index (χ4n) is 3.22. The van der Waals surface area contributed by atoms with Crippen LogP contribution in [0.15, 0.2) is 0 Å². The zero-order valence-corrected chi connectivity index (χ0v) is 12.3.